The number of amides is 1. The van der Waals surface area contributed by atoms with Crippen molar-refractivity contribution in [1.82, 2.24) is 30.3 Å². The Morgan fingerprint density at radius 3 is 2.88 bits per heavy atom. The lowest BCUT2D eigenvalue weighted by Gasteiger charge is -2.07. The monoisotopic (exact) mass is 467 g/mol. The summed E-state index contributed by atoms with van der Waals surface area (Å²) in [4.78, 5) is 20.3. The lowest BCUT2D eigenvalue weighted by molar-refractivity contribution is 0.0946. The number of benzene rings is 1. The Bertz CT molecular complexity index is 960. The molecule has 134 valence electrons. The van der Waals surface area contributed by atoms with Crippen molar-refractivity contribution in [3.63, 3.8) is 0 Å². The second kappa shape index (κ2) is 7.72. The molecule has 2 aromatic heterocycles. The molecule has 0 unspecified atom stereocenters. The van der Waals surface area contributed by atoms with Gasteiger partial charge in [-0.2, -0.15) is 0 Å². The SMILES string of the molecule is Cc1ncc(Cn2nnc(CNC(=O)c3ccccc3F)c2I)c(N)n1. The lowest BCUT2D eigenvalue weighted by Crippen LogP contribution is -2.24. The summed E-state index contributed by atoms with van der Waals surface area (Å²) < 4.78 is 16.0. The molecular weight excluding hydrogens is 452 g/mol. The van der Waals surface area contributed by atoms with Crippen LogP contribution in [0.2, 0.25) is 0 Å². The van der Waals surface area contributed by atoms with Gasteiger partial charge < -0.3 is 11.1 Å². The third-order valence-corrected chi connectivity index (χ3v) is 4.79. The molecule has 0 aliphatic carbocycles. The number of carbonyl (C=O) groups excluding carboxylic acids is 1. The number of nitrogens with one attached hydrogen (secondary N) is 1. The van der Waals surface area contributed by atoms with Crippen LogP contribution in [0.25, 0.3) is 0 Å². The maximum absolute atomic E-state index is 13.6. The van der Waals surface area contributed by atoms with E-state index in [2.05, 4.69) is 48.2 Å². The maximum Gasteiger partial charge on any atom is 0.254 e. The van der Waals surface area contributed by atoms with Crippen molar-refractivity contribution >= 4 is 34.3 Å². The van der Waals surface area contributed by atoms with Crippen LogP contribution in [0.15, 0.2) is 30.5 Å². The van der Waals surface area contributed by atoms with Gasteiger partial charge >= 0.3 is 0 Å². The van der Waals surface area contributed by atoms with Crippen molar-refractivity contribution in [2.45, 2.75) is 20.0 Å². The summed E-state index contributed by atoms with van der Waals surface area (Å²) in [7, 11) is 0. The number of anilines is 1. The first-order valence-corrected chi connectivity index (χ1v) is 8.72. The van der Waals surface area contributed by atoms with E-state index in [1.807, 2.05) is 0 Å². The Labute approximate surface area is 162 Å². The smallest absolute Gasteiger partial charge is 0.254 e. The van der Waals surface area contributed by atoms with E-state index in [1.165, 1.54) is 18.2 Å². The van der Waals surface area contributed by atoms with E-state index in [4.69, 9.17) is 5.73 Å². The first kappa shape index (κ1) is 18.2. The van der Waals surface area contributed by atoms with Gasteiger partial charge in [-0.1, -0.05) is 17.3 Å². The molecular formula is C16H15FIN7O. The highest BCUT2D eigenvalue weighted by Gasteiger charge is 2.15. The third-order valence-electron chi connectivity index (χ3n) is 3.61. The highest BCUT2D eigenvalue weighted by Crippen LogP contribution is 2.14. The Hall–Kier alpha value is -2.63. The molecule has 10 heteroatoms. The van der Waals surface area contributed by atoms with Crippen LogP contribution >= 0.6 is 22.6 Å². The zero-order chi connectivity index (χ0) is 18.7. The number of hydrogen-bond acceptors (Lipinski definition) is 6. The first-order valence-electron chi connectivity index (χ1n) is 7.64. The van der Waals surface area contributed by atoms with E-state index in [-0.39, 0.29) is 12.1 Å². The van der Waals surface area contributed by atoms with E-state index in [9.17, 15) is 9.18 Å². The van der Waals surface area contributed by atoms with Crippen LogP contribution in [0.3, 0.4) is 0 Å². The fourth-order valence-electron chi connectivity index (χ4n) is 2.25. The van der Waals surface area contributed by atoms with Gasteiger partial charge in [-0.25, -0.2) is 19.0 Å². The quantitative estimate of drug-likeness (QED) is 0.553. The summed E-state index contributed by atoms with van der Waals surface area (Å²) in [6, 6.07) is 5.79. The largest absolute Gasteiger partial charge is 0.383 e. The molecule has 0 aliphatic rings. The number of aryl methyl sites for hydroxylation is 1. The summed E-state index contributed by atoms with van der Waals surface area (Å²) in [6.07, 6.45) is 1.65. The molecule has 3 rings (SSSR count). The summed E-state index contributed by atoms with van der Waals surface area (Å²) >= 11 is 2.08. The normalized spacial score (nSPS) is 10.7. The molecule has 0 spiro atoms. The zero-order valence-corrected chi connectivity index (χ0v) is 15.9. The van der Waals surface area contributed by atoms with Crippen molar-refractivity contribution in [2.24, 2.45) is 0 Å². The van der Waals surface area contributed by atoms with E-state index in [1.54, 1.807) is 23.9 Å². The highest BCUT2D eigenvalue weighted by atomic mass is 127. The molecule has 0 radical (unpaired) electrons. The molecule has 2 heterocycles. The van der Waals surface area contributed by atoms with Crippen molar-refractivity contribution in [3.05, 3.63) is 62.6 Å². The summed E-state index contributed by atoms with van der Waals surface area (Å²) in [5.41, 5.74) is 7.17. The van der Waals surface area contributed by atoms with Crippen LogP contribution in [0.4, 0.5) is 10.2 Å². The second-order valence-corrected chi connectivity index (χ2v) is 6.50. The molecule has 1 aromatic carbocycles. The topological polar surface area (TPSA) is 112 Å². The van der Waals surface area contributed by atoms with Gasteiger partial charge in [-0.3, -0.25) is 4.79 Å². The van der Waals surface area contributed by atoms with E-state index in [0.29, 0.717) is 23.9 Å². The molecule has 1 amide bonds. The van der Waals surface area contributed by atoms with Gasteiger partial charge in [-0.05, 0) is 41.6 Å². The van der Waals surface area contributed by atoms with E-state index >= 15 is 0 Å². The number of hydrogen-bond donors (Lipinski definition) is 2. The van der Waals surface area contributed by atoms with Crippen LogP contribution in [-0.2, 0) is 13.1 Å². The number of aromatic nitrogens is 5. The van der Waals surface area contributed by atoms with Gasteiger partial charge in [-0.15, -0.1) is 5.10 Å². The first-order chi connectivity index (χ1) is 12.5. The fourth-order valence-corrected chi connectivity index (χ4v) is 2.81. The molecule has 3 aromatic rings. The van der Waals surface area contributed by atoms with Crippen LogP contribution < -0.4 is 11.1 Å². The van der Waals surface area contributed by atoms with E-state index < -0.39 is 11.7 Å². The van der Waals surface area contributed by atoms with Crippen molar-refractivity contribution < 1.29 is 9.18 Å². The van der Waals surface area contributed by atoms with Gasteiger partial charge in [0.2, 0.25) is 0 Å². The Morgan fingerprint density at radius 2 is 2.15 bits per heavy atom. The minimum absolute atomic E-state index is 0.0144. The van der Waals surface area contributed by atoms with Crippen LogP contribution in [0.5, 0.6) is 0 Å². The zero-order valence-electron chi connectivity index (χ0n) is 13.8. The van der Waals surface area contributed by atoms with Crippen LogP contribution in [-0.4, -0.2) is 30.9 Å². The lowest BCUT2D eigenvalue weighted by atomic mass is 10.2. The van der Waals surface area contributed by atoms with Crippen molar-refractivity contribution in [3.8, 4) is 0 Å². The highest BCUT2D eigenvalue weighted by molar-refractivity contribution is 14.1. The maximum atomic E-state index is 13.6. The summed E-state index contributed by atoms with van der Waals surface area (Å²) in [6.45, 7) is 2.25. The molecule has 26 heavy (non-hydrogen) atoms. The number of rotatable bonds is 5. The average Bonchev–Trinajstić information content (AvgIpc) is 2.95. The summed E-state index contributed by atoms with van der Waals surface area (Å²) in [5, 5.41) is 10.8. The molecule has 3 N–H and O–H groups in total. The third kappa shape index (κ3) is 3.95. The Kier molecular flexibility index (Phi) is 5.40. The van der Waals surface area contributed by atoms with Crippen LogP contribution in [0.1, 0.15) is 27.4 Å². The summed E-state index contributed by atoms with van der Waals surface area (Å²) in [5.74, 6) is -0.0999. The number of nitrogens with zero attached hydrogens (tertiary/aromatic N) is 5. The van der Waals surface area contributed by atoms with Gasteiger partial charge in [0.05, 0.1) is 18.7 Å². The van der Waals surface area contributed by atoms with Gasteiger partial charge in [0.25, 0.3) is 5.91 Å². The van der Waals surface area contributed by atoms with Crippen LogP contribution in [0, 0.1) is 16.4 Å². The van der Waals surface area contributed by atoms with E-state index in [0.717, 1.165) is 9.26 Å². The fraction of sp³-hybridized carbons (Fsp3) is 0.188. The van der Waals surface area contributed by atoms with Gasteiger partial charge in [0.15, 0.2) is 0 Å². The van der Waals surface area contributed by atoms with Crippen molar-refractivity contribution in [2.75, 3.05) is 5.73 Å². The number of carbonyl (C=O) groups is 1. The molecule has 0 atom stereocenters. The number of nitrogen functional groups attached to an aromatic ring is 1. The second-order valence-electron chi connectivity index (χ2n) is 5.47. The van der Waals surface area contributed by atoms with Crippen molar-refractivity contribution in [1.29, 1.82) is 0 Å². The van der Waals surface area contributed by atoms with Gasteiger partial charge in [0.1, 0.15) is 26.9 Å². The molecule has 0 saturated carbocycles. The molecule has 0 bridgehead atoms. The molecule has 0 fully saturated rings. The Morgan fingerprint density at radius 1 is 1.38 bits per heavy atom. The minimum atomic E-state index is -0.571. The Balaban J connectivity index is 1.69. The number of nitrogens with two attached hydrogens (primary N) is 1. The minimum Gasteiger partial charge on any atom is -0.383 e. The average molecular weight is 467 g/mol. The van der Waals surface area contributed by atoms with Gasteiger partial charge in [0, 0.05) is 11.8 Å². The molecule has 0 aliphatic heterocycles. The standard InChI is InChI=1S/C16H15FIN7O/c1-9-20-6-10(15(19)22-9)8-25-14(18)13(23-24-25)7-21-16(26)11-4-2-3-5-12(11)17/h2-6H,7-8H2,1H3,(H,21,26)(H2,19,20,22). The predicted molar refractivity (Wildman–Crippen MR) is 101 cm³/mol. The molecule has 0 saturated heterocycles. The molecule has 8 nitrogen and oxygen atoms in total. The predicted octanol–water partition coefficient (Wildman–Crippen LogP) is 1.68. The number of halogens is 2.